The van der Waals surface area contributed by atoms with E-state index >= 15 is 0 Å². The van der Waals surface area contributed by atoms with Crippen LogP contribution in [0.5, 0.6) is 5.75 Å². The molecule has 2 aromatic carbocycles. The molecule has 0 bridgehead atoms. The number of allylic oxidation sites excluding steroid dienone is 1. The van der Waals surface area contributed by atoms with Crippen molar-refractivity contribution in [3.05, 3.63) is 63.0 Å². The van der Waals surface area contributed by atoms with E-state index in [1.54, 1.807) is 17.8 Å². The number of hydrogen-bond acceptors (Lipinski definition) is 8. The standard InChI is InChI=1S/C25H20Cl2FN3O4S2/c1-10(29)20(12-3-13(28)5-14(4-12)35-15-8-34-9-15)22(23(32)33)31-25-30-21-17-7-19(27)18(26)6-16(17)11(2)36-24(21)37-25/h3-7,11,15H,8-9,29H2,1-2H3,(H,32,33). The average Bonchev–Trinajstić information content (AvgIpc) is 3.19. The van der Waals surface area contributed by atoms with Gasteiger partial charge in [-0.15, -0.1) is 11.8 Å². The average molecular weight is 580 g/mol. The molecule has 37 heavy (non-hydrogen) atoms. The smallest absolute Gasteiger partial charge is 0.355 e. The zero-order valence-corrected chi connectivity index (χ0v) is 22.7. The fraction of sp³-hybridized carbons (Fsp3) is 0.240. The SMILES string of the molecule is CC(N)=C(C(=Nc1nc2c(s1)SC(C)c1cc(Cl)c(Cl)cc1-2)C(=O)O)c1cc(F)cc(OC2COC2)c1. The molecule has 1 fully saturated rings. The molecule has 3 aromatic rings. The Morgan fingerprint density at radius 1 is 1.24 bits per heavy atom. The number of carboxylic acids is 1. The number of halogens is 3. The molecule has 2 aliphatic heterocycles. The summed E-state index contributed by atoms with van der Waals surface area (Å²) in [7, 11) is 0. The fourth-order valence-corrected chi connectivity index (χ4v) is 6.82. The summed E-state index contributed by atoms with van der Waals surface area (Å²) in [5.41, 5.74) is 8.67. The summed E-state index contributed by atoms with van der Waals surface area (Å²) in [4.78, 5) is 21.4. The van der Waals surface area contributed by atoms with Gasteiger partial charge in [-0.25, -0.2) is 19.2 Å². The Hall–Kier alpha value is -2.63. The topological polar surface area (TPSA) is 107 Å². The Kier molecular flexibility index (Phi) is 7.21. The molecule has 1 aromatic heterocycles. The number of nitrogens with two attached hydrogens (primary N) is 1. The number of thiazole rings is 1. The normalized spacial score (nSPS) is 18.0. The predicted octanol–water partition coefficient (Wildman–Crippen LogP) is 6.75. The molecule has 0 saturated carbocycles. The van der Waals surface area contributed by atoms with E-state index in [9.17, 15) is 14.3 Å². The van der Waals surface area contributed by atoms with E-state index < -0.39 is 11.8 Å². The minimum Gasteiger partial charge on any atom is -0.485 e. The molecular weight excluding hydrogens is 560 g/mol. The first-order valence-electron chi connectivity index (χ1n) is 11.1. The third kappa shape index (κ3) is 5.21. The van der Waals surface area contributed by atoms with E-state index in [1.165, 1.54) is 36.5 Å². The zero-order valence-electron chi connectivity index (χ0n) is 19.5. The highest BCUT2D eigenvalue weighted by molar-refractivity contribution is 8.01. The van der Waals surface area contributed by atoms with Gasteiger partial charge in [0.2, 0.25) is 5.13 Å². The predicted molar refractivity (Wildman–Crippen MR) is 145 cm³/mol. The third-order valence-corrected chi connectivity index (χ3v) is 8.79. The number of thioether (sulfide) groups is 1. The Labute approximate surface area is 230 Å². The first kappa shape index (κ1) is 26.0. The van der Waals surface area contributed by atoms with Gasteiger partial charge in [-0.05, 0) is 49.2 Å². The van der Waals surface area contributed by atoms with Crippen LogP contribution in [0.1, 0.15) is 30.2 Å². The number of carboxylic acid groups (broad SMARTS) is 1. The van der Waals surface area contributed by atoms with Gasteiger partial charge in [0.15, 0.2) is 5.71 Å². The molecule has 5 rings (SSSR count). The van der Waals surface area contributed by atoms with Gasteiger partial charge in [-0.3, -0.25) is 0 Å². The molecule has 1 saturated heterocycles. The molecule has 0 radical (unpaired) electrons. The molecule has 0 amide bonds. The highest BCUT2D eigenvalue weighted by atomic mass is 35.5. The lowest BCUT2D eigenvalue weighted by molar-refractivity contribution is -0.129. The van der Waals surface area contributed by atoms with Crippen LogP contribution in [-0.4, -0.2) is 41.1 Å². The van der Waals surface area contributed by atoms with Crippen molar-refractivity contribution in [1.82, 2.24) is 4.98 Å². The van der Waals surface area contributed by atoms with Gasteiger partial charge < -0.3 is 20.3 Å². The molecule has 2 aliphatic rings. The van der Waals surface area contributed by atoms with Gasteiger partial charge in [0.1, 0.15) is 17.7 Å². The van der Waals surface area contributed by atoms with Crippen LogP contribution in [0.15, 0.2) is 45.2 Å². The molecule has 192 valence electrons. The van der Waals surface area contributed by atoms with Crippen LogP contribution in [-0.2, 0) is 9.53 Å². The van der Waals surface area contributed by atoms with Crippen molar-refractivity contribution in [1.29, 1.82) is 0 Å². The summed E-state index contributed by atoms with van der Waals surface area (Å²) in [6.07, 6.45) is -0.193. The monoisotopic (exact) mass is 579 g/mol. The molecule has 3 N–H and O–H groups in total. The summed E-state index contributed by atoms with van der Waals surface area (Å²) in [5.74, 6) is -1.68. The van der Waals surface area contributed by atoms with Gasteiger partial charge >= 0.3 is 5.97 Å². The number of nitrogens with zero attached hydrogens (tertiary/aromatic N) is 2. The quantitative estimate of drug-likeness (QED) is 0.311. The lowest BCUT2D eigenvalue weighted by Crippen LogP contribution is -2.38. The number of aromatic nitrogens is 1. The van der Waals surface area contributed by atoms with Crippen LogP contribution in [0.4, 0.5) is 9.52 Å². The summed E-state index contributed by atoms with van der Waals surface area (Å²) in [5, 5.41) is 11.3. The lowest BCUT2D eigenvalue weighted by Gasteiger charge is -2.27. The summed E-state index contributed by atoms with van der Waals surface area (Å²) in [6, 6.07) is 7.54. The van der Waals surface area contributed by atoms with E-state index in [4.69, 9.17) is 38.4 Å². The highest BCUT2D eigenvalue weighted by Gasteiger charge is 2.29. The summed E-state index contributed by atoms with van der Waals surface area (Å²) in [6.45, 7) is 4.38. The van der Waals surface area contributed by atoms with E-state index in [2.05, 4.69) is 9.98 Å². The van der Waals surface area contributed by atoms with Gasteiger partial charge in [0.25, 0.3) is 0 Å². The van der Waals surface area contributed by atoms with Crippen molar-refractivity contribution in [2.24, 2.45) is 10.7 Å². The maximum atomic E-state index is 14.5. The second kappa shape index (κ2) is 10.3. The number of aliphatic imine (C=N–C) groups is 1. The van der Waals surface area contributed by atoms with Crippen molar-refractivity contribution in [2.45, 2.75) is 29.4 Å². The fourth-order valence-electron chi connectivity index (χ4n) is 4.03. The number of ether oxygens (including phenoxy) is 2. The van der Waals surface area contributed by atoms with Gasteiger partial charge in [0, 0.05) is 28.1 Å². The second-order valence-corrected chi connectivity index (χ2v) is 11.9. The van der Waals surface area contributed by atoms with E-state index in [-0.39, 0.29) is 44.8 Å². The number of aliphatic carboxylic acids is 1. The lowest BCUT2D eigenvalue weighted by atomic mass is 9.98. The minimum absolute atomic E-state index is 0.0751. The van der Waals surface area contributed by atoms with Crippen LogP contribution in [0, 0.1) is 5.82 Å². The van der Waals surface area contributed by atoms with Crippen molar-refractivity contribution in [3.8, 4) is 17.0 Å². The second-order valence-electron chi connectivity index (χ2n) is 8.52. The molecule has 7 nitrogen and oxygen atoms in total. The van der Waals surface area contributed by atoms with Crippen molar-refractivity contribution >= 4 is 68.7 Å². The van der Waals surface area contributed by atoms with Crippen LogP contribution in [0.2, 0.25) is 10.0 Å². The Morgan fingerprint density at radius 3 is 2.62 bits per heavy atom. The molecular formula is C25H20Cl2FN3O4S2. The molecule has 0 aliphatic carbocycles. The van der Waals surface area contributed by atoms with Crippen LogP contribution < -0.4 is 10.5 Å². The van der Waals surface area contributed by atoms with Crippen molar-refractivity contribution in [3.63, 3.8) is 0 Å². The van der Waals surface area contributed by atoms with Crippen LogP contribution in [0.3, 0.4) is 0 Å². The number of carbonyl (C=O) groups is 1. The minimum atomic E-state index is -1.33. The zero-order chi connectivity index (χ0) is 26.4. The van der Waals surface area contributed by atoms with Crippen molar-refractivity contribution < 1.29 is 23.8 Å². The van der Waals surface area contributed by atoms with Gasteiger partial charge in [-0.1, -0.05) is 34.5 Å². The highest BCUT2D eigenvalue weighted by Crippen LogP contribution is 2.53. The first-order valence-corrected chi connectivity index (χ1v) is 13.6. The van der Waals surface area contributed by atoms with Gasteiger partial charge in [0.05, 0.1) is 33.2 Å². The maximum absolute atomic E-state index is 14.5. The van der Waals surface area contributed by atoms with Crippen LogP contribution >= 0.6 is 46.3 Å². The third-order valence-electron chi connectivity index (χ3n) is 5.77. The largest absolute Gasteiger partial charge is 0.485 e. The first-order chi connectivity index (χ1) is 17.6. The maximum Gasteiger partial charge on any atom is 0.355 e. The van der Waals surface area contributed by atoms with E-state index in [0.717, 1.165) is 15.3 Å². The number of hydrogen-bond donors (Lipinski definition) is 2. The number of benzene rings is 2. The Balaban J connectivity index is 1.58. The number of rotatable bonds is 6. The van der Waals surface area contributed by atoms with E-state index in [1.807, 2.05) is 13.0 Å². The molecule has 0 spiro atoms. The Bertz CT molecular complexity index is 1480. The molecule has 12 heteroatoms. The molecule has 3 heterocycles. The molecule has 1 unspecified atom stereocenters. The van der Waals surface area contributed by atoms with Crippen LogP contribution in [0.25, 0.3) is 16.8 Å². The summed E-state index contributed by atoms with van der Waals surface area (Å²) < 4.78 is 26.2. The van der Waals surface area contributed by atoms with Crippen molar-refractivity contribution in [2.75, 3.05) is 13.2 Å². The van der Waals surface area contributed by atoms with E-state index in [0.29, 0.717) is 29.0 Å². The molecule has 1 atom stereocenters. The Morgan fingerprint density at radius 2 is 1.97 bits per heavy atom. The van der Waals surface area contributed by atoms with Gasteiger partial charge in [-0.2, -0.15) is 0 Å². The summed E-state index contributed by atoms with van der Waals surface area (Å²) >= 11 is 15.3. The number of fused-ring (bicyclic) bond motifs is 3.